The van der Waals surface area contributed by atoms with Crippen LogP contribution in [-0.4, -0.2) is 52.4 Å². The molecule has 1 rings (SSSR count). The van der Waals surface area contributed by atoms with Crippen LogP contribution in [0.25, 0.3) is 0 Å². The highest BCUT2D eigenvalue weighted by Gasteiger charge is 2.08. The average molecular weight is 257 g/mol. The third-order valence-electron chi connectivity index (χ3n) is 2.51. The van der Waals surface area contributed by atoms with Gasteiger partial charge in [-0.25, -0.2) is 4.79 Å². The fraction of sp³-hybridized carbons (Fsp3) is 0.727. The summed E-state index contributed by atoms with van der Waals surface area (Å²) in [7, 11) is 0. The number of rotatable bonds is 9. The Kier molecular flexibility index (Phi) is 6.31. The monoisotopic (exact) mass is 257 g/mol. The van der Waals surface area contributed by atoms with Crippen molar-refractivity contribution in [2.24, 2.45) is 0 Å². The smallest absolute Gasteiger partial charge is 0.329 e. The molecular formula is C11H19N3O4. The topological polar surface area (TPSA) is 88.7 Å². The first-order valence-corrected chi connectivity index (χ1v) is 5.99. The maximum absolute atomic E-state index is 10.2. The third kappa shape index (κ3) is 5.24. The Morgan fingerprint density at radius 2 is 2.17 bits per heavy atom. The molecule has 102 valence electrons. The zero-order chi connectivity index (χ0) is 13.4. The van der Waals surface area contributed by atoms with Crippen molar-refractivity contribution in [3.05, 3.63) is 11.7 Å². The second-order valence-corrected chi connectivity index (χ2v) is 3.77. The zero-order valence-corrected chi connectivity index (χ0v) is 10.8. The van der Waals surface area contributed by atoms with Gasteiger partial charge in [0, 0.05) is 13.0 Å². The number of carbonyl (C=O) groups is 1. The molecule has 0 spiro atoms. The molecule has 0 atom stereocenters. The summed E-state index contributed by atoms with van der Waals surface area (Å²) in [5.41, 5.74) is 0. The van der Waals surface area contributed by atoms with Crippen LogP contribution in [0.1, 0.15) is 25.6 Å². The van der Waals surface area contributed by atoms with Gasteiger partial charge in [0.1, 0.15) is 13.2 Å². The molecule has 0 saturated carbocycles. The molecule has 1 N–H and O–H groups in total. The maximum Gasteiger partial charge on any atom is 0.329 e. The van der Waals surface area contributed by atoms with Gasteiger partial charge in [-0.15, -0.1) is 0 Å². The summed E-state index contributed by atoms with van der Waals surface area (Å²) >= 11 is 0. The summed E-state index contributed by atoms with van der Waals surface area (Å²) in [6, 6.07) is 0. The van der Waals surface area contributed by atoms with Gasteiger partial charge in [-0.3, -0.25) is 0 Å². The number of aliphatic carboxylic acids is 1. The van der Waals surface area contributed by atoms with Gasteiger partial charge in [0.15, 0.2) is 5.82 Å². The highest BCUT2D eigenvalue weighted by atomic mass is 16.5. The third-order valence-corrected chi connectivity index (χ3v) is 2.51. The van der Waals surface area contributed by atoms with Crippen molar-refractivity contribution in [2.45, 2.75) is 26.9 Å². The number of carboxylic acid groups (broad SMARTS) is 1. The van der Waals surface area contributed by atoms with Crippen molar-refractivity contribution in [2.75, 3.05) is 26.2 Å². The summed E-state index contributed by atoms with van der Waals surface area (Å²) in [5, 5.41) is 12.2. The van der Waals surface area contributed by atoms with E-state index in [2.05, 4.69) is 28.9 Å². The van der Waals surface area contributed by atoms with Crippen molar-refractivity contribution in [3.63, 3.8) is 0 Å². The number of aromatic nitrogens is 2. The van der Waals surface area contributed by atoms with E-state index in [1.165, 1.54) is 0 Å². The molecule has 18 heavy (non-hydrogen) atoms. The first-order valence-electron chi connectivity index (χ1n) is 5.99. The Morgan fingerprint density at radius 3 is 2.78 bits per heavy atom. The summed E-state index contributed by atoms with van der Waals surface area (Å²) in [6.07, 6.45) is 0.712. The van der Waals surface area contributed by atoms with Gasteiger partial charge in [-0.05, 0) is 13.1 Å². The highest BCUT2D eigenvalue weighted by molar-refractivity contribution is 5.67. The van der Waals surface area contributed by atoms with Crippen molar-refractivity contribution in [3.8, 4) is 0 Å². The molecule has 0 aliphatic carbocycles. The number of ether oxygens (including phenoxy) is 1. The fourth-order valence-electron chi connectivity index (χ4n) is 1.47. The van der Waals surface area contributed by atoms with Gasteiger partial charge < -0.3 is 19.3 Å². The van der Waals surface area contributed by atoms with Crippen LogP contribution in [0.4, 0.5) is 0 Å². The molecule has 0 radical (unpaired) electrons. The number of likely N-dealkylation sites (N-methyl/N-ethyl adjacent to an activating group) is 1. The lowest BCUT2D eigenvalue weighted by atomic mass is 10.3. The van der Waals surface area contributed by atoms with E-state index in [1.807, 2.05) is 0 Å². The van der Waals surface area contributed by atoms with E-state index in [4.69, 9.17) is 14.4 Å². The first kappa shape index (κ1) is 14.6. The van der Waals surface area contributed by atoms with E-state index < -0.39 is 5.97 Å². The molecule has 0 saturated heterocycles. The van der Waals surface area contributed by atoms with Gasteiger partial charge in [0.05, 0.1) is 0 Å². The molecule has 1 heterocycles. The molecule has 0 amide bonds. The summed E-state index contributed by atoms with van der Waals surface area (Å²) in [5.74, 6) is -0.0853. The highest BCUT2D eigenvalue weighted by Crippen LogP contribution is 2.01. The van der Waals surface area contributed by atoms with E-state index >= 15 is 0 Å². The predicted octanol–water partition coefficient (Wildman–Crippen LogP) is 0.555. The molecule has 0 unspecified atom stereocenters. The molecule has 7 heteroatoms. The van der Waals surface area contributed by atoms with E-state index in [-0.39, 0.29) is 13.2 Å². The van der Waals surface area contributed by atoms with Gasteiger partial charge in [0.2, 0.25) is 0 Å². The van der Waals surface area contributed by atoms with Gasteiger partial charge in [-0.2, -0.15) is 4.98 Å². The van der Waals surface area contributed by atoms with Crippen molar-refractivity contribution in [1.29, 1.82) is 0 Å². The van der Waals surface area contributed by atoms with Crippen LogP contribution in [0.3, 0.4) is 0 Å². The van der Waals surface area contributed by atoms with Crippen molar-refractivity contribution in [1.82, 2.24) is 15.0 Å². The minimum absolute atomic E-state index is 0.0323. The maximum atomic E-state index is 10.2. The SMILES string of the molecule is CCN(CC)CCc1noc(COCC(=O)O)n1. The molecule has 0 aliphatic rings. The lowest BCUT2D eigenvalue weighted by Crippen LogP contribution is -2.25. The predicted molar refractivity (Wildman–Crippen MR) is 63.1 cm³/mol. The van der Waals surface area contributed by atoms with Crippen LogP contribution >= 0.6 is 0 Å². The van der Waals surface area contributed by atoms with Crippen molar-refractivity contribution < 1.29 is 19.2 Å². The Labute approximate surface area is 106 Å². The van der Waals surface area contributed by atoms with E-state index in [0.717, 1.165) is 19.6 Å². The van der Waals surface area contributed by atoms with Crippen molar-refractivity contribution >= 4 is 5.97 Å². The normalized spacial score (nSPS) is 11.1. The summed E-state index contributed by atoms with van der Waals surface area (Å²) in [6.45, 7) is 6.73. The number of hydrogen-bond acceptors (Lipinski definition) is 6. The molecule has 0 bridgehead atoms. The largest absolute Gasteiger partial charge is 0.480 e. The average Bonchev–Trinajstić information content (AvgIpc) is 2.78. The fourth-order valence-corrected chi connectivity index (χ4v) is 1.47. The zero-order valence-electron chi connectivity index (χ0n) is 10.8. The number of nitrogens with zero attached hydrogens (tertiary/aromatic N) is 3. The number of carboxylic acids is 1. The summed E-state index contributed by atoms with van der Waals surface area (Å²) < 4.78 is 9.80. The Morgan fingerprint density at radius 1 is 1.44 bits per heavy atom. The molecule has 7 nitrogen and oxygen atoms in total. The first-order chi connectivity index (χ1) is 8.65. The van der Waals surface area contributed by atoms with Gasteiger partial charge in [0.25, 0.3) is 5.89 Å². The van der Waals surface area contributed by atoms with Gasteiger partial charge in [-0.1, -0.05) is 19.0 Å². The van der Waals surface area contributed by atoms with Crippen LogP contribution in [0.5, 0.6) is 0 Å². The van der Waals surface area contributed by atoms with Crippen LogP contribution in [0.15, 0.2) is 4.52 Å². The molecule has 0 aliphatic heterocycles. The summed E-state index contributed by atoms with van der Waals surface area (Å²) in [4.78, 5) is 16.6. The van der Waals surface area contributed by atoms with E-state index in [1.54, 1.807) is 0 Å². The molecular weight excluding hydrogens is 238 g/mol. The Bertz CT molecular complexity index is 363. The molecule has 0 aromatic carbocycles. The minimum atomic E-state index is -1.02. The second kappa shape index (κ2) is 7.78. The standard InChI is InChI=1S/C11H19N3O4/c1-3-14(4-2)6-5-9-12-10(18-13-9)7-17-8-11(15)16/h3-8H2,1-2H3,(H,15,16). The quantitative estimate of drug-likeness (QED) is 0.691. The van der Waals surface area contributed by atoms with Crippen LogP contribution < -0.4 is 0 Å². The molecule has 0 fully saturated rings. The molecule has 1 aromatic heterocycles. The van der Waals surface area contributed by atoms with E-state index in [0.29, 0.717) is 18.1 Å². The molecule has 1 aromatic rings. The van der Waals surface area contributed by atoms with Gasteiger partial charge >= 0.3 is 5.97 Å². The Balaban J connectivity index is 2.31. The second-order valence-electron chi connectivity index (χ2n) is 3.77. The number of hydrogen-bond donors (Lipinski definition) is 1. The van der Waals surface area contributed by atoms with Crippen LogP contribution in [0, 0.1) is 0 Å². The Hall–Kier alpha value is -1.47. The van der Waals surface area contributed by atoms with E-state index in [9.17, 15) is 4.79 Å². The van der Waals surface area contributed by atoms with Crippen LogP contribution in [0.2, 0.25) is 0 Å². The lowest BCUT2D eigenvalue weighted by molar-refractivity contribution is -0.142. The minimum Gasteiger partial charge on any atom is -0.480 e. The lowest BCUT2D eigenvalue weighted by Gasteiger charge is -2.16. The van der Waals surface area contributed by atoms with Crippen LogP contribution in [-0.2, 0) is 22.6 Å².